The minimum absolute atomic E-state index is 0.0350. The number of amides is 1. The van der Waals surface area contributed by atoms with Crippen molar-refractivity contribution in [3.8, 4) is 5.75 Å². The number of rotatable bonds is 3. The lowest BCUT2D eigenvalue weighted by molar-refractivity contribution is 0.102. The van der Waals surface area contributed by atoms with E-state index in [-0.39, 0.29) is 11.0 Å². The maximum atomic E-state index is 13.0. The number of anilines is 1. The summed E-state index contributed by atoms with van der Waals surface area (Å²) in [5, 5.41) is 4.43. The second kappa shape index (κ2) is 7.22. The molecule has 1 N–H and O–H groups in total. The fraction of sp³-hybridized carbons (Fsp3) is 0.136. The number of benzene rings is 2. The first kappa shape index (κ1) is 19.0. The van der Waals surface area contributed by atoms with Crippen LogP contribution >= 0.6 is 11.6 Å². The summed E-state index contributed by atoms with van der Waals surface area (Å²) >= 11 is 6.23. The lowest BCUT2D eigenvalue weighted by atomic mass is 10.1. The van der Waals surface area contributed by atoms with Gasteiger partial charge in [0.05, 0.1) is 23.3 Å². The Labute approximate surface area is 171 Å². The third kappa shape index (κ3) is 3.21. The molecular weight excluding hydrogens is 390 g/mol. The number of nitrogens with one attached hydrogen (secondary N) is 1. The molecule has 0 atom stereocenters. The number of pyridine rings is 2. The van der Waals surface area contributed by atoms with Crippen molar-refractivity contribution in [3.05, 3.63) is 75.2 Å². The topological polar surface area (TPSA) is 73.2 Å². The minimum atomic E-state index is -0.498. The van der Waals surface area contributed by atoms with E-state index in [0.717, 1.165) is 11.1 Å². The second-order valence-electron chi connectivity index (χ2n) is 6.74. The SMILES string of the molecule is COc1cccc2c(NC(=O)c3cn(C)c4c(Cl)cccc4c3=O)cc(C)nc12. The van der Waals surface area contributed by atoms with Crippen LogP contribution in [-0.2, 0) is 7.05 Å². The van der Waals surface area contributed by atoms with Crippen LogP contribution in [0.3, 0.4) is 0 Å². The standard InChI is InChI=1S/C22H18ClN3O3/c1-12-10-17(13-6-5-9-18(29-3)19(13)24-12)25-22(28)15-11-26(2)20-14(21(15)27)7-4-8-16(20)23/h4-11H,1-3H3,(H,24,25,28). The minimum Gasteiger partial charge on any atom is -0.494 e. The molecule has 29 heavy (non-hydrogen) atoms. The molecule has 0 saturated heterocycles. The van der Waals surface area contributed by atoms with Crippen LogP contribution in [0.2, 0.25) is 5.02 Å². The van der Waals surface area contributed by atoms with Gasteiger partial charge in [-0.1, -0.05) is 29.8 Å². The van der Waals surface area contributed by atoms with Gasteiger partial charge < -0.3 is 14.6 Å². The lowest BCUT2D eigenvalue weighted by Crippen LogP contribution is -2.23. The van der Waals surface area contributed by atoms with Crippen LogP contribution in [0.1, 0.15) is 16.1 Å². The maximum absolute atomic E-state index is 13.0. The molecule has 0 aliphatic rings. The maximum Gasteiger partial charge on any atom is 0.261 e. The van der Waals surface area contributed by atoms with Crippen LogP contribution in [0.4, 0.5) is 5.69 Å². The number of fused-ring (bicyclic) bond motifs is 2. The van der Waals surface area contributed by atoms with Crippen molar-refractivity contribution in [2.45, 2.75) is 6.92 Å². The van der Waals surface area contributed by atoms with Crippen molar-refractivity contribution in [1.82, 2.24) is 9.55 Å². The van der Waals surface area contributed by atoms with E-state index in [1.54, 1.807) is 43.0 Å². The molecule has 2 aromatic carbocycles. The van der Waals surface area contributed by atoms with Crippen LogP contribution < -0.4 is 15.5 Å². The molecule has 0 fully saturated rings. The summed E-state index contributed by atoms with van der Waals surface area (Å²) in [6.07, 6.45) is 1.50. The quantitative estimate of drug-likeness (QED) is 0.549. The average Bonchev–Trinajstić information content (AvgIpc) is 2.70. The van der Waals surface area contributed by atoms with Gasteiger partial charge >= 0.3 is 0 Å². The van der Waals surface area contributed by atoms with E-state index in [1.807, 2.05) is 25.1 Å². The number of carbonyl (C=O) groups excluding carboxylic acids is 1. The summed E-state index contributed by atoms with van der Waals surface area (Å²) < 4.78 is 7.07. The lowest BCUT2D eigenvalue weighted by Gasteiger charge is -2.13. The number of para-hydroxylation sites is 2. The Morgan fingerprint density at radius 3 is 2.66 bits per heavy atom. The first-order chi connectivity index (χ1) is 13.9. The van der Waals surface area contributed by atoms with Crippen LogP contribution in [0, 0.1) is 6.92 Å². The highest BCUT2D eigenvalue weighted by Gasteiger charge is 2.18. The molecule has 6 nitrogen and oxygen atoms in total. The Morgan fingerprint density at radius 2 is 1.90 bits per heavy atom. The molecule has 2 aromatic heterocycles. The summed E-state index contributed by atoms with van der Waals surface area (Å²) in [5.41, 5.74) is 2.17. The summed E-state index contributed by atoms with van der Waals surface area (Å²) in [7, 11) is 3.32. The third-order valence-electron chi connectivity index (χ3n) is 4.79. The van der Waals surface area contributed by atoms with Crippen molar-refractivity contribution in [2.75, 3.05) is 12.4 Å². The second-order valence-corrected chi connectivity index (χ2v) is 7.15. The molecule has 0 aliphatic heterocycles. The molecule has 0 bridgehead atoms. The Bertz CT molecular complexity index is 1340. The van der Waals surface area contributed by atoms with Gasteiger partial charge in [0.2, 0.25) is 5.43 Å². The number of ether oxygens (including phenoxy) is 1. The average molecular weight is 408 g/mol. The zero-order valence-electron chi connectivity index (χ0n) is 16.1. The smallest absolute Gasteiger partial charge is 0.261 e. The predicted octanol–water partition coefficient (Wildman–Crippen LogP) is 4.31. The van der Waals surface area contributed by atoms with E-state index in [4.69, 9.17) is 16.3 Å². The molecule has 7 heteroatoms. The summed E-state index contributed by atoms with van der Waals surface area (Å²) in [6.45, 7) is 1.83. The van der Waals surface area contributed by atoms with Gasteiger partial charge in [-0.25, -0.2) is 4.98 Å². The van der Waals surface area contributed by atoms with E-state index in [1.165, 1.54) is 6.20 Å². The van der Waals surface area contributed by atoms with E-state index in [9.17, 15) is 9.59 Å². The zero-order chi connectivity index (χ0) is 20.7. The third-order valence-corrected chi connectivity index (χ3v) is 5.10. The Hall–Kier alpha value is -3.38. The molecule has 0 radical (unpaired) electrons. The number of hydrogen-bond donors (Lipinski definition) is 1. The highest BCUT2D eigenvalue weighted by molar-refractivity contribution is 6.35. The molecule has 0 unspecified atom stereocenters. The molecule has 4 aromatic rings. The van der Waals surface area contributed by atoms with Gasteiger partial charge in [0.1, 0.15) is 16.8 Å². The van der Waals surface area contributed by atoms with Crippen molar-refractivity contribution in [3.63, 3.8) is 0 Å². The van der Waals surface area contributed by atoms with Gasteiger partial charge in [0.25, 0.3) is 5.91 Å². The number of methoxy groups -OCH3 is 1. The van der Waals surface area contributed by atoms with Gasteiger partial charge in [0, 0.05) is 29.7 Å². The normalized spacial score (nSPS) is 11.0. The zero-order valence-corrected chi connectivity index (χ0v) is 16.9. The predicted molar refractivity (Wildman–Crippen MR) is 115 cm³/mol. The monoisotopic (exact) mass is 407 g/mol. The van der Waals surface area contributed by atoms with Crippen LogP contribution in [-0.4, -0.2) is 22.6 Å². The number of carbonyl (C=O) groups is 1. The van der Waals surface area contributed by atoms with E-state index in [0.29, 0.717) is 32.9 Å². The number of halogens is 1. The molecule has 146 valence electrons. The molecule has 0 saturated carbocycles. The highest BCUT2D eigenvalue weighted by Crippen LogP contribution is 2.30. The van der Waals surface area contributed by atoms with Gasteiger partial charge in [-0.15, -0.1) is 0 Å². The van der Waals surface area contributed by atoms with E-state index < -0.39 is 5.91 Å². The van der Waals surface area contributed by atoms with E-state index in [2.05, 4.69) is 10.3 Å². The van der Waals surface area contributed by atoms with Crippen molar-refractivity contribution in [1.29, 1.82) is 0 Å². The summed E-state index contributed by atoms with van der Waals surface area (Å²) in [5.74, 6) is 0.111. The van der Waals surface area contributed by atoms with E-state index >= 15 is 0 Å². The fourth-order valence-electron chi connectivity index (χ4n) is 3.49. The summed E-state index contributed by atoms with van der Waals surface area (Å²) in [4.78, 5) is 30.5. The molecule has 1 amide bonds. The van der Waals surface area contributed by atoms with Crippen molar-refractivity contribution < 1.29 is 9.53 Å². The molecule has 4 rings (SSSR count). The van der Waals surface area contributed by atoms with Gasteiger partial charge in [-0.3, -0.25) is 9.59 Å². The molecular formula is C22H18ClN3O3. The van der Waals surface area contributed by atoms with Crippen molar-refractivity contribution >= 4 is 45.0 Å². The van der Waals surface area contributed by atoms with Gasteiger partial charge in [-0.05, 0) is 31.2 Å². The summed E-state index contributed by atoms with van der Waals surface area (Å²) in [6, 6.07) is 12.3. The van der Waals surface area contributed by atoms with Crippen molar-refractivity contribution in [2.24, 2.45) is 7.05 Å². The first-order valence-corrected chi connectivity index (χ1v) is 9.32. The molecule has 2 heterocycles. The Kier molecular flexibility index (Phi) is 4.72. The number of aryl methyl sites for hydroxylation is 2. The number of hydrogen-bond acceptors (Lipinski definition) is 4. The Morgan fingerprint density at radius 1 is 1.17 bits per heavy atom. The fourth-order valence-corrected chi connectivity index (χ4v) is 3.80. The molecule has 0 spiro atoms. The Balaban J connectivity index is 1.84. The first-order valence-electron chi connectivity index (χ1n) is 8.94. The molecule has 0 aliphatic carbocycles. The number of aromatic nitrogens is 2. The number of nitrogens with zero attached hydrogens (tertiary/aromatic N) is 2. The van der Waals surface area contributed by atoms with Crippen LogP contribution in [0.15, 0.2) is 53.5 Å². The largest absolute Gasteiger partial charge is 0.494 e. The van der Waals surface area contributed by atoms with Gasteiger partial charge in [0.15, 0.2) is 0 Å². The van der Waals surface area contributed by atoms with Crippen LogP contribution in [0.25, 0.3) is 21.8 Å². The van der Waals surface area contributed by atoms with Crippen LogP contribution in [0.5, 0.6) is 5.75 Å². The van der Waals surface area contributed by atoms with Gasteiger partial charge in [-0.2, -0.15) is 0 Å². The highest BCUT2D eigenvalue weighted by atomic mass is 35.5.